The van der Waals surface area contributed by atoms with Gasteiger partial charge in [-0.3, -0.25) is 0 Å². The highest BCUT2D eigenvalue weighted by atomic mass is 15.2. The molecule has 1 aromatic rings. The Hall–Kier alpha value is -1.35. The lowest BCUT2D eigenvalue weighted by atomic mass is 9.80. The number of rotatable bonds is 4. The molecule has 1 N–H and O–H groups in total. The van der Waals surface area contributed by atoms with Crippen LogP contribution in [0.3, 0.4) is 0 Å². The second kappa shape index (κ2) is 5.53. The van der Waals surface area contributed by atoms with Crippen LogP contribution in [0.2, 0.25) is 0 Å². The van der Waals surface area contributed by atoms with E-state index < -0.39 is 0 Å². The van der Waals surface area contributed by atoms with E-state index in [4.69, 9.17) is 0 Å². The average Bonchev–Trinajstić information content (AvgIpc) is 2.40. The van der Waals surface area contributed by atoms with E-state index >= 15 is 0 Å². The Bertz CT molecular complexity index is 406. The summed E-state index contributed by atoms with van der Waals surface area (Å²) in [5.41, 5.74) is 1.57. The molecule has 0 radical (unpaired) electrons. The van der Waals surface area contributed by atoms with E-state index in [1.807, 2.05) is 25.4 Å². The summed E-state index contributed by atoms with van der Waals surface area (Å²) in [4.78, 5) is 6.85. The molecule has 0 saturated carbocycles. The Balaban J connectivity index is 2.02. The summed E-state index contributed by atoms with van der Waals surface area (Å²) in [6, 6.07) is 4.11. The predicted molar refractivity (Wildman–Crippen MR) is 77.8 cm³/mol. The third-order valence-electron chi connectivity index (χ3n) is 3.90. The van der Waals surface area contributed by atoms with Crippen LogP contribution in [-0.2, 0) is 0 Å². The summed E-state index contributed by atoms with van der Waals surface area (Å²) >= 11 is 0. The van der Waals surface area contributed by atoms with Gasteiger partial charge in [-0.2, -0.15) is 0 Å². The van der Waals surface area contributed by atoms with E-state index in [2.05, 4.69) is 34.8 Å². The summed E-state index contributed by atoms with van der Waals surface area (Å²) in [5.74, 6) is 1.08. The predicted octanol–water partition coefficient (Wildman–Crippen LogP) is 2.55. The summed E-state index contributed by atoms with van der Waals surface area (Å²) < 4.78 is 0. The fourth-order valence-electron chi connectivity index (χ4n) is 2.61. The molecule has 98 valence electrons. The molecule has 1 fully saturated rings. The number of anilines is 1. The number of nitrogens with zero attached hydrogens (tertiary/aromatic N) is 2. The lowest BCUT2D eigenvalue weighted by molar-refractivity contribution is 0.242. The van der Waals surface area contributed by atoms with Gasteiger partial charge in [-0.1, -0.05) is 19.6 Å². The number of aromatic nitrogens is 1. The smallest absolute Gasteiger partial charge is 0.129 e. The van der Waals surface area contributed by atoms with Gasteiger partial charge in [-0.05, 0) is 43.0 Å². The minimum Gasteiger partial charge on any atom is -0.357 e. The van der Waals surface area contributed by atoms with Crippen molar-refractivity contribution >= 4 is 11.9 Å². The fourth-order valence-corrected chi connectivity index (χ4v) is 2.61. The molecule has 0 unspecified atom stereocenters. The van der Waals surface area contributed by atoms with Gasteiger partial charge in [-0.25, -0.2) is 4.98 Å². The van der Waals surface area contributed by atoms with Crippen LogP contribution in [0.5, 0.6) is 0 Å². The Morgan fingerprint density at radius 3 is 2.83 bits per heavy atom. The Morgan fingerprint density at radius 2 is 2.22 bits per heavy atom. The number of pyridine rings is 1. The van der Waals surface area contributed by atoms with Crippen molar-refractivity contribution in [2.45, 2.75) is 19.8 Å². The quantitative estimate of drug-likeness (QED) is 0.883. The second-order valence-electron chi connectivity index (χ2n) is 5.48. The third kappa shape index (κ3) is 2.91. The normalized spacial score (nSPS) is 18.7. The zero-order chi connectivity index (χ0) is 13.0. The molecule has 2 heterocycles. The first kappa shape index (κ1) is 13.1. The minimum absolute atomic E-state index is 0.432. The Labute approximate surface area is 110 Å². The van der Waals surface area contributed by atoms with Crippen molar-refractivity contribution in [1.82, 2.24) is 10.3 Å². The van der Waals surface area contributed by atoms with E-state index in [0.29, 0.717) is 5.41 Å². The summed E-state index contributed by atoms with van der Waals surface area (Å²) in [6.07, 6.45) is 6.18. The van der Waals surface area contributed by atoms with Gasteiger partial charge in [0.25, 0.3) is 0 Å². The molecule has 1 aliphatic rings. The van der Waals surface area contributed by atoms with Crippen LogP contribution in [-0.4, -0.2) is 31.7 Å². The minimum atomic E-state index is 0.432. The molecule has 1 aliphatic heterocycles. The number of hydrogen-bond acceptors (Lipinski definition) is 3. The summed E-state index contributed by atoms with van der Waals surface area (Å²) in [7, 11) is 2.03. The fraction of sp³-hybridized carbons (Fsp3) is 0.533. The molecule has 0 aromatic carbocycles. The maximum Gasteiger partial charge on any atom is 0.129 e. The van der Waals surface area contributed by atoms with Crippen molar-refractivity contribution in [3.63, 3.8) is 0 Å². The summed E-state index contributed by atoms with van der Waals surface area (Å²) in [6.45, 7) is 9.46. The molecule has 0 spiro atoms. The highest BCUT2D eigenvalue weighted by molar-refractivity contribution is 5.53. The maximum absolute atomic E-state index is 4.47. The van der Waals surface area contributed by atoms with Gasteiger partial charge in [0, 0.05) is 25.8 Å². The van der Waals surface area contributed by atoms with Gasteiger partial charge in [0.05, 0.1) is 0 Å². The molecule has 0 atom stereocenters. The first-order valence-electron chi connectivity index (χ1n) is 6.65. The molecule has 18 heavy (non-hydrogen) atoms. The zero-order valence-electron chi connectivity index (χ0n) is 11.4. The van der Waals surface area contributed by atoms with Gasteiger partial charge in [-0.15, -0.1) is 0 Å². The topological polar surface area (TPSA) is 28.2 Å². The van der Waals surface area contributed by atoms with E-state index in [0.717, 1.165) is 31.0 Å². The van der Waals surface area contributed by atoms with Crippen LogP contribution in [0, 0.1) is 5.41 Å². The molecule has 0 bridgehead atoms. The molecule has 0 aliphatic carbocycles. The van der Waals surface area contributed by atoms with Crippen LogP contribution in [0.15, 0.2) is 24.9 Å². The van der Waals surface area contributed by atoms with Crippen LogP contribution in [0.1, 0.15) is 25.3 Å². The number of piperidine rings is 1. The Morgan fingerprint density at radius 1 is 1.50 bits per heavy atom. The van der Waals surface area contributed by atoms with Crippen molar-refractivity contribution in [1.29, 1.82) is 0 Å². The van der Waals surface area contributed by atoms with E-state index in [-0.39, 0.29) is 0 Å². The second-order valence-corrected chi connectivity index (χ2v) is 5.48. The van der Waals surface area contributed by atoms with E-state index in [9.17, 15) is 0 Å². The molecule has 3 heteroatoms. The van der Waals surface area contributed by atoms with Crippen molar-refractivity contribution < 1.29 is 0 Å². The van der Waals surface area contributed by atoms with Crippen LogP contribution in [0.4, 0.5) is 5.82 Å². The maximum atomic E-state index is 4.47. The van der Waals surface area contributed by atoms with Gasteiger partial charge in [0.1, 0.15) is 5.82 Å². The molecular weight excluding hydrogens is 222 g/mol. The lowest BCUT2D eigenvalue weighted by Gasteiger charge is -2.40. The summed E-state index contributed by atoms with van der Waals surface area (Å²) in [5, 5.41) is 3.30. The van der Waals surface area contributed by atoms with Crippen molar-refractivity contribution in [2.24, 2.45) is 5.41 Å². The monoisotopic (exact) mass is 245 g/mol. The third-order valence-corrected chi connectivity index (χ3v) is 3.90. The van der Waals surface area contributed by atoms with Gasteiger partial charge < -0.3 is 10.2 Å². The van der Waals surface area contributed by atoms with Gasteiger partial charge in [0.2, 0.25) is 0 Å². The Kier molecular flexibility index (Phi) is 4.02. The highest BCUT2D eigenvalue weighted by Gasteiger charge is 2.29. The first-order chi connectivity index (χ1) is 8.67. The standard InChI is InChI=1S/C15H23N3/c1-4-13-5-8-17-14(11-13)18-9-6-15(2,7-10-18)12-16-3/h4-5,8,11,16H,1,6-7,9-10,12H2,2-3H3. The van der Waals surface area contributed by atoms with Gasteiger partial charge >= 0.3 is 0 Å². The number of hydrogen-bond donors (Lipinski definition) is 1. The highest BCUT2D eigenvalue weighted by Crippen LogP contribution is 2.31. The van der Waals surface area contributed by atoms with Gasteiger partial charge in [0.15, 0.2) is 0 Å². The molecule has 1 aromatic heterocycles. The van der Waals surface area contributed by atoms with Crippen molar-refractivity contribution in [2.75, 3.05) is 31.6 Å². The average molecular weight is 245 g/mol. The first-order valence-corrected chi connectivity index (χ1v) is 6.65. The SMILES string of the molecule is C=Cc1ccnc(N2CCC(C)(CNC)CC2)c1. The molecule has 3 nitrogen and oxygen atoms in total. The molecule has 0 amide bonds. The van der Waals surface area contributed by atoms with Crippen molar-refractivity contribution in [3.05, 3.63) is 30.5 Å². The van der Waals surface area contributed by atoms with E-state index in [1.54, 1.807) is 0 Å². The zero-order valence-corrected chi connectivity index (χ0v) is 11.4. The van der Waals surface area contributed by atoms with Crippen LogP contribution >= 0.6 is 0 Å². The van der Waals surface area contributed by atoms with Crippen LogP contribution < -0.4 is 10.2 Å². The molecular formula is C15H23N3. The lowest BCUT2D eigenvalue weighted by Crippen LogP contribution is -2.43. The number of nitrogens with one attached hydrogen (secondary N) is 1. The molecule has 1 saturated heterocycles. The molecule has 2 rings (SSSR count). The van der Waals surface area contributed by atoms with Crippen molar-refractivity contribution in [3.8, 4) is 0 Å². The van der Waals surface area contributed by atoms with Crippen LogP contribution in [0.25, 0.3) is 6.08 Å². The van der Waals surface area contributed by atoms with E-state index in [1.165, 1.54) is 12.8 Å². The largest absolute Gasteiger partial charge is 0.357 e.